The van der Waals surface area contributed by atoms with Gasteiger partial charge in [-0.3, -0.25) is 4.79 Å². The minimum atomic E-state index is 0.164. The van der Waals surface area contributed by atoms with Crippen LogP contribution in [0.15, 0.2) is 43.0 Å². The first kappa shape index (κ1) is 17.7. The second-order valence-corrected chi connectivity index (χ2v) is 8.66. The maximum absolute atomic E-state index is 11.4. The van der Waals surface area contributed by atoms with E-state index in [1.165, 1.54) is 29.5 Å². The quantitative estimate of drug-likeness (QED) is 0.610. The van der Waals surface area contributed by atoms with Crippen molar-refractivity contribution in [1.82, 2.24) is 0 Å². The molecule has 0 bridgehead atoms. The van der Waals surface area contributed by atoms with Crippen molar-refractivity contribution in [3.05, 3.63) is 76.4 Å². The van der Waals surface area contributed by atoms with Crippen LogP contribution < -0.4 is 0 Å². The molecule has 0 spiro atoms. The zero-order valence-electron chi connectivity index (χ0n) is 16.1. The number of fused-ring (bicyclic) bond motifs is 1. The average molecular weight is 332 g/mol. The molecular formula is C24H28O. The highest BCUT2D eigenvalue weighted by Crippen LogP contribution is 2.47. The zero-order chi connectivity index (χ0) is 18.4. The van der Waals surface area contributed by atoms with Crippen LogP contribution in [0.25, 0.3) is 5.57 Å². The number of aryl methyl sites for hydroxylation is 1. The molecule has 1 aliphatic carbocycles. The van der Waals surface area contributed by atoms with Gasteiger partial charge in [-0.25, -0.2) is 0 Å². The van der Waals surface area contributed by atoms with E-state index < -0.39 is 0 Å². The molecule has 0 N–H and O–H groups in total. The van der Waals surface area contributed by atoms with E-state index >= 15 is 0 Å². The molecule has 0 amide bonds. The second-order valence-electron chi connectivity index (χ2n) is 8.66. The number of rotatable bonds is 3. The third-order valence-corrected chi connectivity index (χ3v) is 5.94. The number of carbonyl (C=O) groups excluding carboxylic acids is 1. The van der Waals surface area contributed by atoms with Gasteiger partial charge in [0, 0.05) is 5.56 Å². The van der Waals surface area contributed by atoms with Crippen molar-refractivity contribution >= 4 is 11.9 Å². The maximum atomic E-state index is 11.4. The molecular weight excluding hydrogens is 304 g/mol. The minimum absolute atomic E-state index is 0.164. The van der Waals surface area contributed by atoms with Crippen molar-refractivity contribution in [2.24, 2.45) is 0 Å². The molecule has 2 aromatic rings. The summed E-state index contributed by atoms with van der Waals surface area (Å²) in [5.74, 6) is 0. The fraction of sp³-hybridized carbons (Fsp3) is 0.375. The van der Waals surface area contributed by atoms with E-state index in [1.54, 1.807) is 0 Å². The van der Waals surface area contributed by atoms with Crippen LogP contribution in [0.4, 0.5) is 0 Å². The smallest absolute Gasteiger partial charge is 0.150 e. The molecule has 3 rings (SSSR count). The van der Waals surface area contributed by atoms with Crippen molar-refractivity contribution in [2.45, 2.75) is 58.3 Å². The number of hydrogen-bond acceptors (Lipinski definition) is 1. The summed E-state index contributed by atoms with van der Waals surface area (Å²) in [7, 11) is 0. The molecule has 0 aliphatic heterocycles. The largest absolute Gasteiger partial charge is 0.298 e. The normalized spacial score (nSPS) is 17.6. The van der Waals surface area contributed by atoms with Crippen LogP contribution in [0.2, 0.25) is 0 Å². The van der Waals surface area contributed by atoms with Gasteiger partial charge in [-0.15, -0.1) is 0 Å². The molecule has 1 nitrogen and oxygen atoms in total. The zero-order valence-corrected chi connectivity index (χ0v) is 16.1. The van der Waals surface area contributed by atoms with E-state index in [0.29, 0.717) is 5.56 Å². The number of benzene rings is 2. The Hall–Kier alpha value is -2.15. The van der Waals surface area contributed by atoms with Crippen molar-refractivity contribution in [2.75, 3.05) is 0 Å². The van der Waals surface area contributed by atoms with E-state index in [0.717, 1.165) is 23.0 Å². The van der Waals surface area contributed by atoms with Crippen LogP contribution in [0, 0.1) is 6.92 Å². The van der Waals surface area contributed by atoms with Crippen LogP contribution in [0.5, 0.6) is 0 Å². The van der Waals surface area contributed by atoms with Crippen molar-refractivity contribution in [3.8, 4) is 0 Å². The first-order valence-electron chi connectivity index (χ1n) is 9.07. The molecule has 0 aromatic heterocycles. The van der Waals surface area contributed by atoms with Gasteiger partial charge < -0.3 is 0 Å². The molecule has 0 atom stereocenters. The summed E-state index contributed by atoms with van der Waals surface area (Å²) in [4.78, 5) is 11.4. The number of carbonyl (C=O) groups is 1. The molecule has 130 valence electrons. The molecule has 0 radical (unpaired) electrons. The Morgan fingerprint density at radius 1 is 0.960 bits per heavy atom. The van der Waals surface area contributed by atoms with Crippen molar-refractivity contribution in [1.29, 1.82) is 0 Å². The molecule has 0 unspecified atom stereocenters. The molecule has 0 fully saturated rings. The first-order chi connectivity index (χ1) is 11.7. The predicted molar refractivity (Wildman–Crippen MR) is 106 cm³/mol. The molecule has 0 saturated carbocycles. The summed E-state index contributed by atoms with van der Waals surface area (Å²) in [6, 6.07) is 12.4. The summed E-state index contributed by atoms with van der Waals surface area (Å²) >= 11 is 0. The number of hydrogen-bond donors (Lipinski definition) is 0. The average Bonchev–Trinajstić information content (AvgIpc) is 2.58. The molecule has 1 aliphatic rings. The Bertz CT molecular complexity index is 852. The van der Waals surface area contributed by atoms with Gasteiger partial charge in [0.2, 0.25) is 0 Å². The Morgan fingerprint density at radius 2 is 1.52 bits per heavy atom. The van der Waals surface area contributed by atoms with Crippen molar-refractivity contribution < 1.29 is 4.79 Å². The summed E-state index contributed by atoms with van der Waals surface area (Å²) in [5.41, 5.74) is 8.19. The van der Waals surface area contributed by atoms with E-state index in [9.17, 15) is 4.79 Å². The summed E-state index contributed by atoms with van der Waals surface area (Å²) < 4.78 is 0. The molecule has 25 heavy (non-hydrogen) atoms. The molecule has 1 heteroatoms. The van der Waals surface area contributed by atoms with Crippen LogP contribution in [0.1, 0.15) is 78.7 Å². The minimum Gasteiger partial charge on any atom is -0.298 e. The lowest BCUT2D eigenvalue weighted by molar-refractivity contribution is 0.112. The van der Waals surface area contributed by atoms with Gasteiger partial charge in [0.1, 0.15) is 0 Å². The van der Waals surface area contributed by atoms with E-state index in [-0.39, 0.29) is 10.8 Å². The van der Waals surface area contributed by atoms with E-state index in [4.69, 9.17) is 0 Å². The topological polar surface area (TPSA) is 17.1 Å². The van der Waals surface area contributed by atoms with Gasteiger partial charge in [0.15, 0.2) is 6.29 Å². The highest BCUT2D eigenvalue weighted by molar-refractivity contribution is 5.90. The lowest BCUT2D eigenvalue weighted by atomic mass is 9.62. The summed E-state index contributed by atoms with van der Waals surface area (Å²) in [6.45, 7) is 15.9. The van der Waals surface area contributed by atoms with Gasteiger partial charge in [0.25, 0.3) is 0 Å². The predicted octanol–water partition coefficient (Wildman–Crippen LogP) is 6.22. The lowest BCUT2D eigenvalue weighted by Crippen LogP contribution is -2.34. The lowest BCUT2D eigenvalue weighted by Gasteiger charge is -2.42. The van der Waals surface area contributed by atoms with Gasteiger partial charge in [-0.1, -0.05) is 70.7 Å². The standard InChI is InChI=1S/C24H28O/c1-16-13-21-22(24(5,6)12-11-23(21,3)4)14-20(16)17(2)19-10-8-7-9-18(19)15-25/h7-10,13-15H,2,11-12H2,1,3-6H3. The van der Waals surface area contributed by atoms with Crippen LogP contribution in [-0.4, -0.2) is 6.29 Å². The third kappa shape index (κ3) is 2.97. The molecule has 2 aromatic carbocycles. The Kier molecular flexibility index (Phi) is 4.23. The van der Waals surface area contributed by atoms with E-state index in [2.05, 4.69) is 53.3 Å². The van der Waals surface area contributed by atoms with Gasteiger partial charge in [-0.05, 0) is 64.0 Å². The van der Waals surface area contributed by atoms with E-state index in [1.807, 2.05) is 24.3 Å². The summed E-state index contributed by atoms with van der Waals surface area (Å²) in [6.07, 6.45) is 3.31. The van der Waals surface area contributed by atoms with Crippen molar-refractivity contribution in [3.63, 3.8) is 0 Å². The first-order valence-corrected chi connectivity index (χ1v) is 9.07. The third-order valence-electron chi connectivity index (χ3n) is 5.94. The fourth-order valence-electron chi connectivity index (χ4n) is 4.07. The highest BCUT2D eigenvalue weighted by Gasteiger charge is 2.37. The van der Waals surface area contributed by atoms with Gasteiger partial charge >= 0.3 is 0 Å². The monoisotopic (exact) mass is 332 g/mol. The fourth-order valence-corrected chi connectivity index (χ4v) is 4.07. The molecule has 0 saturated heterocycles. The van der Waals surface area contributed by atoms with Gasteiger partial charge in [0.05, 0.1) is 0 Å². The Morgan fingerprint density at radius 3 is 2.12 bits per heavy atom. The SMILES string of the molecule is C=C(c1cc2c(cc1C)C(C)(C)CCC2(C)C)c1ccccc1C=O. The second kappa shape index (κ2) is 5.98. The number of aldehydes is 1. The Balaban J connectivity index is 2.19. The van der Waals surface area contributed by atoms with Crippen LogP contribution >= 0.6 is 0 Å². The highest BCUT2D eigenvalue weighted by atomic mass is 16.1. The van der Waals surface area contributed by atoms with Gasteiger partial charge in [-0.2, -0.15) is 0 Å². The van der Waals surface area contributed by atoms with Crippen LogP contribution in [-0.2, 0) is 10.8 Å². The molecule has 0 heterocycles. The summed E-state index contributed by atoms with van der Waals surface area (Å²) in [5, 5.41) is 0. The Labute approximate surface area is 151 Å². The maximum Gasteiger partial charge on any atom is 0.150 e. The van der Waals surface area contributed by atoms with Crippen LogP contribution in [0.3, 0.4) is 0 Å².